The Hall–Kier alpha value is -2.12. The van der Waals surface area contributed by atoms with E-state index in [0.29, 0.717) is 39.0 Å². The minimum absolute atomic E-state index is 0.229. The Morgan fingerprint density at radius 3 is 2.16 bits per heavy atom. The highest BCUT2D eigenvalue weighted by Gasteiger charge is 2.46. The van der Waals surface area contributed by atoms with Crippen molar-refractivity contribution in [1.29, 1.82) is 0 Å². The molecule has 0 atom stereocenters. The Bertz CT molecular complexity index is 606. The zero-order chi connectivity index (χ0) is 17.9. The number of benzene rings is 1. The van der Waals surface area contributed by atoms with Crippen LogP contribution in [0.15, 0.2) is 30.3 Å². The van der Waals surface area contributed by atoms with Crippen molar-refractivity contribution in [3.8, 4) is 0 Å². The van der Waals surface area contributed by atoms with E-state index in [-0.39, 0.29) is 5.97 Å². The summed E-state index contributed by atoms with van der Waals surface area (Å²) in [4.78, 5) is 34.1. The van der Waals surface area contributed by atoms with Crippen LogP contribution in [-0.4, -0.2) is 73.2 Å². The third-order valence-electron chi connectivity index (χ3n) is 5.32. The number of piperidine rings is 1. The third-order valence-corrected chi connectivity index (χ3v) is 5.32. The normalized spacial score (nSPS) is 21.7. The van der Waals surface area contributed by atoms with E-state index in [1.807, 2.05) is 30.3 Å². The van der Waals surface area contributed by atoms with Gasteiger partial charge in [0.25, 0.3) is 0 Å². The van der Waals surface area contributed by atoms with Crippen molar-refractivity contribution in [2.24, 2.45) is 5.73 Å². The second kappa shape index (κ2) is 7.41. The van der Waals surface area contributed by atoms with E-state index < -0.39 is 11.4 Å². The van der Waals surface area contributed by atoms with Crippen LogP contribution in [0.2, 0.25) is 0 Å². The van der Waals surface area contributed by atoms with Gasteiger partial charge in [-0.3, -0.25) is 0 Å². The van der Waals surface area contributed by atoms with Gasteiger partial charge in [-0.15, -0.1) is 5.06 Å². The number of likely N-dealkylation sites (N-methyl/N-ethyl adjacent to an activating group) is 1. The summed E-state index contributed by atoms with van der Waals surface area (Å²) in [6, 6.07) is 9.29. The number of hydrogen-bond donors (Lipinski definition) is 1. The van der Waals surface area contributed by atoms with Crippen molar-refractivity contribution in [3.05, 3.63) is 35.9 Å². The summed E-state index contributed by atoms with van der Waals surface area (Å²) in [5.41, 5.74) is 5.61. The monoisotopic (exact) mass is 346 g/mol. The standard InChI is InChI=1S/C18H26N4O3/c1-20-11-13-22(14-12-20)25-16(23)18(15-5-3-2-4-6-15)7-9-21(10-8-18)17(19)24/h2-6H,7-14H2,1H3,(H2,19,24). The lowest BCUT2D eigenvalue weighted by Gasteiger charge is -2.41. The van der Waals surface area contributed by atoms with Gasteiger partial charge in [0.15, 0.2) is 0 Å². The van der Waals surface area contributed by atoms with Gasteiger partial charge in [-0.1, -0.05) is 30.3 Å². The topological polar surface area (TPSA) is 79.1 Å². The molecular formula is C18H26N4O3. The van der Waals surface area contributed by atoms with E-state index in [9.17, 15) is 9.59 Å². The maximum absolute atomic E-state index is 13.1. The molecule has 7 nitrogen and oxygen atoms in total. The molecule has 7 heteroatoms. The van der Waals surface area contributed by atoms with Crippen LogP contribution in [0.5, 0.6) is 0 Å². The zero-order valence-corrected chi connectivity index (χ0v) is 14.7. The van der Waals surface area contributed by atoms with E-state index in [2.05, 4.69) is 11.9 Å². The molecule has 25 heavy (non-hydrogen) atoms. The molecule has 2 heterocycles. The van der Waals surface area contributed by atoms with Gasteiger partial charge in [-0.05, 0) is 25.5 Å². The van der Waals surface area contributed by atoms with Crippen LogP contribution in [0.1, 0.15) is 18.4 Å². The molecule has 2 N–H and O–H groups in total. The molecule has 2 aliphatic heterocycles. The number of nitrogens with two attached hydrogens (primary N) is 1. The Kier molecular flexibility index (Phi) is 5.24. The molecule has 3 rings (SSSR count). The van der Waals surface area contributed by atoms with Gasteiger partial charge in [0.05, 0.1) is 5.41 Å². The van der Waals surface area contributed by atoms with Crippen LogP contribution >= 0.6 is 0 Å². The van der Waals surface area contributed by atoms with Gasteiger partial charge in [-0.25, -0.2) is 9.59 Å². The lowest BCUT2D eigenvalue weighted by molar-refractivity contribution is -0.205. The predicted molar refractivity (Wildman–Crippen MR) is 93.7 cm³/mol. The summed E-state index contributed by atoms with van der Waals surface area (Å²) < 4.78 is 0. The number of carbonyl (C=O) groups excluding carboxylic acids is 2. The van der Waals surface area contributed by atoms with Crippen LogP contribution in [0.4, 0.5) is 4.79 Å². The quantitative estimate of drug-likeness (QED) is 0.876. The van der Waals surface area contributed by atoms with Crippen molar-refractivity contribution in [2.75, 3.05) is 46.3 Å². The van der Waals surface area contributed by atoms with E-state index in [1.165, 1.54) is 0 Å². The molecule has 2 amide bonds. The smallest absolute Gasteiger partial charge is 0.335 e. The lowest BCUT2D eigenvalue weighted by Crippen LogP contribution is -2.53. The molecule has 0 saturated carbocycles. The molecule has 2 fully saturated rings. The average molecular weight is 346 g/mol. The second-order valence-corrected chi connectivity index (χ2v) is 6.88. The molecule has 0 unspecified atom stereocenters. The van der Waals surface area contributed by atoms with Crippen LogP contribution in [0.25, 0.3) is 0 Å². The van der Waals surface area contributed by atoms with Gasteiger partial charge >= 0.3 is 12.0 Å². The molecule has 1 aromatic rings. The van der Waals surface area contributed by atoms with Gasteiger partial charge in [0, 0.05) is 39.3 Å². The highest BCUT2D eigenvalue weighted by molar-refractivity contribution is 5.84. The summed E-state index contributed by atoms with van der Waals surface area (Å²) >= 11 is 0. The number of hydrogen-bond acceptors (Lipinski definition) is 5. The molecule has 136 valence electrons. The van der Waals surface area contributed by atoms with Crippen molar-refractivity contribution >= 4 is 12.0 Å². The van der Waals surface area contributed by atoms with Crippen molar-refractivity contribution in [1.82, 2.24) is 14.9 Å². The number of rotatable bonds is 3. The van der Waals surface area contributed by atoms with Crippen LogP contribution < -0.4 is 5.73 Å². The number of likely N-dealkylation sites (tertiary alicyclic amines) is 1. The first kappa shape index (κ1) is 17.7. The highest BCUT2D eigenvalue weighted by Crippen LogP contribution is 2.37. The van der Waals surface area contributed by atoms with Crippen LogP contribution in [0, 0.1) is 0 Å². The first-order chi connectivity index (χ1) is 12.0. The number of amides is 2. The van der Waals surface area contributed by atoms with Crippen LogP contribution in [0.3, 0.4) is 0 Å². The molecule has 0 radical (unpaired) electrons. The fraction of sp³-hybridized carbons (Fsp3) is 0.556. The van der Waals surface area contributed by atoms with Crippen molar-refractivity contribution in [3.63, 3.8) is 0 Å². The van der Waals surface area contributed by atoms with Gasteiger partial charge in [-0.2, -0.15) is 0 Å². The first-order valence-electron chi connectivity index (χ1n) is 8.77. The van der Waals surface area contributed by atoms with Crippen LogP contribution in [-0.2, 0) is 15.0 Å². The summed E-state index contributed by atoms with van der Waals surface area (Å²) in [7, 11) is 2.06. The minimum atomic E-state index is -0.726. The number of hydroxylamine groups is 2. The molecule has 0 spiro atoms. The van der Waals surface area contributed by atoms with Gasteiger partial charge in [0.2, 0.25) is 0 Å². The summed E-state index contributed by atoms with van der Waals surface area (Å²) in [6.45, 7) is 4.09. The molecule has 2 saturated heterocycles. The molecule has 1 aromatic carbocycles. The minimum Gasteiger partial charge on any atom is -0.367 e. The Labute approximate surface area is 148 Å². The largest absolute Gasteiger partial charge is 0.367 e. The highest BCUT2D eigenvalue weighted by atomic mass is 16.7. The fourth-order valence-electron chi connectivity index (χ4n) is 3.56. The maximum Gasteiger partial charge on any atom is 0.335 e. The predicted octanol–water partition coefficient (Wildman–Crippen LogP) is 0.805. The maximum atomic E-state index is 13.1. The van der Waals surface area contributed by atoms with E-state index in [4.69, 9.17) is 10.6 Å². The average Bonchev–Trinajstić information content (AvgIpc) is 2.64. The number of nitrogens with zero attached hydrogens (tertiary/aromatic N) is 3. The Morgan fingerprint density at radius 2 is 1.60 bits per heavy atom. The van der Waals surface area contributed by atoms with E-state index >= 15 is 0 Å². The summed E-state index contributed by atoms with van der Waals surface area (Å²) in [5, 5.41) is 1.76. The molecule has 0 bridgehead atoms. The second-order valence-electron chi connectivity index (χ2n) is 6.88. The SMILES string of the molecule is CN1CCN(OC(=O)C2(c3ccccc3)CCN(C(N)=O)CC2)CC1. The summed E-state index contributed by atoms with van der Waals surface area (Å²) in [5.74, 6) is -0.229. The Morgan fingerprint density at radius 1 is 1.00 bits per heavy atom. The van der Waals surface area contributed by atoms with Gasteiger partial charge in [0.1, 0.15) is 0 Å². The third kappa shape index (κ3) is 3.77. The molecule has 2 aliphatic rings. The molecule has 0 aliphatic carbocycles. The van der Waals surface area contributed by atoms with E-state index in [1.54, 1.807) is 9.96 Å². The number of carbonyl (C=O) groups is 2. The van der Waals surface area contributed by atoms with Gasteiger partial charge < -0.3 is 20.4 Å². The first-order valence-corrected chi connectivity index (χ1v) is 8.77. The number of urea groups is 1. The fourth-order valence-corrected chi connectivity index (χ4v) is 3.56. The number of primary amides is 1. The van der Waals surface area contributed by atoms with Crippen molar-refractivity contribution < 1.29 is 14.4 Å². The van der Waals surface area contributed by atoms with E-state index in [0.717, 1.165) is 18.7 Å². The Balaban J connectivity index is 1.77. The lowest BCUT2D eigenvalue weighted by atomic mass is 9.73. The molecule has 0 aromatic heterocycles. The molecular weight excluding hydrogens is 320 g/mol. The van der Waals surface area contributed by atoms with Crippen molar-refractivity contribution in [2.45, 2.75) is 18.3 Å². The number of piperazine rings is 1. The summed E-state index contributed by atoms with van der Waals surface area (Å²) in [6.07, 6.45) is 1.04. The zero-order valence-electron chi connectivity index (χ0n) is 14.7.